The van der Waals surface area contributed by atoms with Crippen LogP contribution >= 0.6 is 0 Å². The zero-order chi connectivity index (χ0) is 54.2. The summed E-state index contributed by atoms with van der Waals surface area (Å²) in [5.41, 5.74) is 17.2. The highest BCUT2D eigenvalue weighted by Crippen LogP contribution is 2.50. The molecule has 2 aromatic heterocycles. The molecule has 0 saturated carbocycles. The van der Waals surface area contributed by atoms with E-state index in [1.54, 1.807) is 0 Å². The molecule has 0 fully saturated rings. The summed E-state index contributed by atoms with van der Waals surface area (Å²) < 4.78 is 9.56. The molecule has 3 heterocycles. The molecule has 11 rings (SSSR count). The van der Waals surface area contributed by atoms with Crippen LogP contribution in [0.3, 0.4) is 0 Å². The fourth-order valence-corrected chi connectivity index (χ4v) is 11.2. The van der Waals surface area contributed by atoms with Crippen LogP contribution in [0, 0.1) is 0 Å². The summed E-state index contributed by atoms with van der Waals surface area (Å²) in [5, 5.41) is 2.31. The summed E-state index contributed by atoms with van der Waals surface area (Å²) in [6.07, 6.45) is 1.95. The van der Waals surface area contributed by atoms with Gasteiger partial charge in [0, 0.05) is 51.3 Å². The predicted molar refractivity (Wildman–Crippen MR) is 326 cm³/mol. The Balaban J connectivity index is 1.07. The number of nitrogens with zero attached hydrogens (tertiary/aromatic N) is 4. The molecule has 0 radical (unpaired) electrons. The highest BCUT2D eigenvalue weighted by Gasteiger charge is 2.35. The third-order valence-corrected chi connectivity index (χ3v) is 16.4. The number of fused-ring (bicyclic) bond motifs is 4. The van der Waals surface area contributed by atoms with Crippen LogP contribution in [0.4, 0.5) is 22.7 Å². The van der Waals surface area contributed by atoms with Crippen LogP contribution < -0.4 is 14.5 Å². The molecule has 10 aromatic rings. The average Bonchev–Trinajstić information content (AvgIpc) is 4.02. The minimum Gasteiger partial charge on any atom is -0.457 e. The van der Waals surface area contributed by atoms with Crippen molar-refractivity contribution < 1.29 is 4.74 Å². The molecule has 0 bridgehead atoms. The normalized spacial score (nSPS) is 13.4. The second kappa shape index (κ2) is 19.0. The Hall–Kier alpha value is -7.89. The first kappa shape index (κ1) is 51.2. The van der Waals surface area contributed by atoms with Crippen LogP contribution in [0.2, 0.25) is 0 Å². The Morgan fingerprint density at radius 3 is 1.55 bits per heavy atom. The summed E-state index contributed by atoms with van der Waals surface area (Å²) in [4.78, 5) is 10.1. The van der Waals surface area contributed by atoms with Crippen molar-refractivity contribution in [2.75, 3.05) is 16.5 Å². The molecule has 0 amide bonds. The highest BCUT2D eigenvalue weighted by atomic mass is 16.5. The van der Waals surface area contributed by atoms with Gasteiger partial charge in [-0.2, -0.15) is 0 Å². The minimum atomic E-state index is -0.358. The van der Waals surface area contributed by atoms with Crippen molar-refractivity contribution in [2.45, 2.75) is 117 Å². The first-order valence-electron chi connectivity index (χ1n) is 27.4. The van der Waals surface area contributed by atoms with Gasteiger partial charge in [-0.25, -0.2) is 4.98 Å². The summed E-state index contributed by atoms with van der Waals surface area (Å²) in [6.45, 7) is 30.7. The van der Waals surface area contributed by atoms with Crippen LogP contribution in [0.1, 0.15) is 129 Å². The van der Waals surface area contributed by atoms with Gasteiger partial charge in [-0.1, -0.05) is 199 Å². The zero-order valence-electron chi connectivity index (χ0n) is 47.5. The van der Waals surface area contributed by atoms with Crippen molar-refractivity contribution in [2.24, 2.45) is 0 Å². The molecule has 77 heavy (non-hydrogen) atoms. The monoisotopic (exact) mass is 1010 g/mol. The number of anilines is 4. The molecule has 5 heteroatoms. The molecule has 0 saturated heterocycles. The lowest BCUT2D eigenvalue weighted by atomic mass is 9.75. The van der Waals surface area contributed by atoms with E-state index in [0.717, 1.165) is 50.7 Å². The quantitative estimate of drug-likeness (QED) is 0.137. The van der Waals surface area contributed by atoms with E-state index in [1.165, 1.54) is 61.3 Å². The molecule has 0 spiro atoms. The van der Waals surface area contributed by atoms with Gasteiger partial charge in [-0.15, -0.1) is 0 Å². The van der Waals surface area contributed by atoms with Gasteiger partial charge in [0.05, 0.1) is 22.4 Å². The molecule has 388 valence electrons. The lowest BCUT2D eigenvalue weighted by molar-refractivity contribution is 0.480. The van der Waals surface area contributed by atoms with Gasteiger partial charge in [-0.3, -0.25) is 4.57 Å². The molecule has 0 unspecified atom stereocenters. The molecule has 5 nitrogen and oxygen atoms in total. The summed E-state index contributed by atoms with van der Waals surface area (Å²) in [6, 6.07) is 71.5. The van der Waals surface area contributed by atoms with E-state index in [0.29, 0.717) is 6.67 Å². The van der Waals surface area contributed by atoms with Gasteiger partial charge in [0.2, 0.25) is 0 Å². The average molecular weight is 1010 g/mol. The Labute approximate surface area is 457 Å². The lowest BCUT2D eigenvalue weighted by Crippen LogP contribution is -2.27. The van der Waals surface area contributed by atoms with Crippen molar-refractivity contribution in [3.8, 4) is 28.4 Å². The summed E-state index contributed by atoms with van der Waals surface area (Å²) >= 11 is 0. The molecular weight excluding hydrogens is 937 g/mol. The maximum atomic E-state index is 7.25. The van der Waals surface area contributed by atoms with Crippen LogP contribution in [0.15, 0.2) is 200 Å². The van der Waals surface area contributed by atoms with Crippen molar-refractivity contribution in [3.05, 3.63) is 239 Å². The first-order valence-corrected chi connectivity index (χ1v) is 27.4. The Morgan fingerprint density at radius 2 is 0.922 bits per heavy atom. The second-order valence-electron chi connectivity index (χ2n) is 25.5. The maximum absolute atomic E-state index is 7.25. The minimum absolute atomic E-state index is 0.0507. The number of pyridine rings is 1. The van der Waals surface area contributed by atoms with Gasteiger partial charge in [0.1, 0.15) is 24.0 Å². The van der Waals surface area contributed by atoms with Crippen LogP contribution in [0.25, 0.3) is 38.8 Å². The van der Waals surface area contributed by atoms with Crippen molar-refractivity contribution in [1.82, 2.24) is 9.55 Å². The van der Waals surface area contributed by atoms with Crippen LogP contribution in [0.5, 0.6) is 11.5 Å². The van der Waals surface area contributed by atoms with E-state index in [9.17, 15) is 0 Å². The Bertz CT molecular complexity index is 3810. The van der Waals surface area contributed by atoms with E-state index < -0.39 is 0 Å². The van der Waals surface area contributed by atoms with Crippen LogP contribution in [-0.2, 0) is 27.1 Å². The molecule has 1 aliphatic rings. The largest absolute Gasteiger partial charge is 0.457 e. The topological polar surface area (TPSA) is 33.5 Å². The van der Waals surface area contributed by atoms with Crippen molar-refractivity contribution in [3.63, 3.8) is 0 Å². The third-order valence-electron chi connectivity index (χ3n) is 16.4. The SMILES string of the molecule is CC(C)(C)c1cc(N2CN(c3cc(Oc4ccc5c6cc(-c7ccccc7)ccc6n(-c6cc(C(C)(C)C)ccn6)c5c4)cc(C(C)(C)c4ccccc4)c3)c3ccc(C(C)(C)C)cc32)cc(C(C)(C)c2ccccc2)c1. The van der Waals surface area contributed by atoms with Crippen LogP contribution in [-0.4, -0.2) is 16.2 Å². The van der Waals surface area contributed by atoms with E-state index >= 15 is 0 Å². The van der Waals surface area contributed by atoms with E-state index in [4.69, 9.17) is 9.72 Å². The molecule has 0 atom stereocenters. The maximum Gasteiger partial charge on any atom is 0.137 e. The number of rotatable bonds is 10. The Kier molecular flexibility index (Phi) is 12.6. The fraction of sp³-hybridized carbons (Fsp3) is 0.264. The highest BCUT2D eigenvalue weighted by molar-refractivity contribution is 6.10. The fourth-order valence-electron chi connectivity index (χ4n) is 11.2. The number of ether oxygens (including phenoxy) is 1. The van der Waals surface area contributed by atoms with Gasteiger partial charge in [0.25, 0.3) is 0 Å². The lowest BCUT2D eigenvalue weighted by Gasteiger charge is -2.32. The summed E-state index contributed by atoms with van der Waals surface area (Å²) in [5.74, 6) is 2.41. The van der Waals surface area contributed by atoms with Gasteiger partial charge >= 0.3 is 0 Å². The van der Waals surface area contributed by atoms with E-state index in [2.05, 4.69) is 298 Å². The van der Waals surface area contributed by atoms with E-state index in [-0.39, 0.29) is 27.1 Å². The summed E-state index contributed by atoms with van der Waals surface area (Å²) in [7, 11) is 0. The third kappa shape index (κ3) is 9.71. The predicted octanol–water partition coefficient (Wildman–Crippen LogP) is 19.4. The number of aromatic nitrogens is 2. The standard InChI is InChI=1S/C72H74N4O/c1-68(2,3)52-30-34-64-66(43-52)75(57-39-54(70(7,8)9)38-55(40-57)71(10,11)50-25-19-15-20-26-50)47-74(64)58-41-56(72(12,13)51-27-21-16-22-28-51)42-60(45-58)77-59-31-32-61-62-37-49(48-23-17-14-18-24-48)29-33-63(62)76(65(61)46-59)67-44-53(35-36-73-67)69(4,5)6/h14-46H,47H2,1-13H3. The molecule has 1 aliphatic heterocycles. The van der Waals surface area contributed by atoms with Gasteiger partial charge < -0.3 is 14.5 Å². The molecular formula is C72H74N4O. The van der Waals surface area contributed by atoms with Gasteiger partial charge in [0.15, 0.2) is 0 Å². The van der Waals surface area contributed by atoms with E-state index in [1.807, 2.05) is 6.20 Å². The molecule has 0 aliphatic carbocycles. The smallest absolute Gasteiger partial charge is 0.137 e. The number of hydrogen-bond donors (Lipinski definition) is 0. The molecule has 0 N–H and O–H groups in total. The zero-order valence-corrected chi connectivity index (χ0v) is 47.5. The second-order valence-corrected chi connectivity index (χ2v) is 25.5. The van der Waals surface area contributed by atoms with Crippen molar-refractivity contribution in [1.29, 1.82) is 0 Å². The van der Waals surface area contributed by atoms with Crippen molar-refractivity contribution >= 4 is 44.6 Å². The first-order chi connectivity index (χ1) is 36.5. The number of benzene rings is 8. The number of hydrogen-bond acceptors (Lipinski definition) is 4. The molecule has 8 aromatic carbocycles. The Morgan fingerprint density at radius 1 is 0.364 bits per heavy atom. The van der Waals surface area contributed by atoms with Gasteiger partial charge in [-0.05, 0) is 139 Å².